The molecule has 18 heavy (non-hydrogen) atoms. The van der Waals surface area contributed by atoms with E-state index in [1.807, 2.05) is 24.3 Å². The molecular formula is C14H10N2O2. The minimum atomic E-state index is -1.02. The van der Waals surface area contributed by atoms with Crippen LogP contribution in [0.4, 0.5) is 0 Å². The zero-order valence-corrected chi connectivity index (χ0v) is 9.50. The van der Waals surface area contributed by atoms with E-state index in [4.69, 9.17) is 5.11 Å². The van der Waals surface area contributed by atoms with Gasteiger partial charge in [-0.1, -0.05) is 18.2 Å². The molecule has 0 aromatic carbocycles. The van der Waals surface area contributed by atoms with Crippen molar-refractivity contribution in [3.05, 3.63) is 53.5 Å². The Labute approximate surface area is 104 Å². The lowest BCUT2D eigenvalue weighted by atomic mass is 10.0. The molecule has 0 saturated carbocycles. The van der Waals surface area contributed by atoms with Gasteiger partial charge in [0.1, 0.15) is 5.69 Å². The number of pyridine rings is 2. The molecule has 0 radical (unpaired) electrons. The van der Waals surface area contributed by atoms with Gasteiger partial charge in [-0.2, -0.15) is 0 Å². The van der Waals surface area contributed by atoms with Gasteiger partial charge in [0.2, 0.25) is 0 Å². The number of fused-ring (bicyclic) bond motifs is 3. The predicted octanol–water partition coefficient (Wildman–Crippen LogP) is 2.41. The Kier molecular flexibility index (Phi) is 2.41. The summed E-state index contributed by atoms with van der Waals surface area (Å²) in [5, 5.41) is 8.95. The number of nitrogens with zero attached hydrogens (tertiary/aromatic N) is 2. The Morgan fingerprint density at radius 3 is 3.06 bits per heavy atom. The van der Waals surface area contributed by atoms with Crippen molar-refractivity contribution in [2.45, 2.75) is 6.42 Å². The number of carboxylic acids is 1. The van der Waals surface area contributed by atoms with E-state index in [-0.39, 0.29) is 5.69 Å². The van der Waals surface area contributed by atoms with E-state index in [0.29, 0.717) is 0 Å². The lowest BCUT2D eigenvalue weighted by molar-refractivity contribution is 0.0690. The maximum atomic E-state index is 10.9. The predicted molar refractivity (Wildman–Crippen MR) is 67.2 cm³/mol. The van der Waals surface area contributed by atoms with Crippen molar-refractivity contribution in [2.24, 2.45) is 0 Å². The van der Waals surface area contributed by atoms with Gasteiger partial charge in [-0.05, 0) is 29.7 Å². The minimum Gasteiger partial charge on any atom is -0.477 e. The number of hydrogen-bond acceptors (Lipinski definition) is 3. The van der Waals surface area contributed by atoms with Gasteiger partial charge in [-0.3, -0.25) is 4.98 Å². The summed E-state index contributed by atoms with van der Waals surface area (Å²) in [7, 11) is 0. The summed E-state index contributed by atoms with van der Waals surface area (Å²) >= 11 is 0. The number of aromatic nitrogens is 2. The zero-order valence-electron chi connectivity index (χ0n) is 9.50. The van der Waals surface area contributed by atoms with Crippen LogP contribution in [0.5, 0.6) is 0 Å². The molecule has 2 aromatic heterocycles. The van der Waals surface area contributed by atoms with Crippen molar-refractivity contribution in [3.63, 3.8) is 0 Å². The normalized spacial score (nSPS) is 12.4. The molecular weight excluding hydrogens is 228 g/mol. The fraction of sp³-hybridized carbons (Fsp3) is 0.0714. The van der Waals surface area contributed by atoms with Crippen LogP contribution < -0.4 is 0 Å². The fourth-order valence-electron chi connectivity index (χ4n) is 2.08. The van der Waals surface area contributed by atoms with Gasteiger partial charge in [0.25, 0.3) is 0 Å². The highest BCUT2D eigenvalue weighted by molar-refractivity contribution is 5.88. The second-order valence-corrected chi connectivity index (χ2v) is 4.08. The average Bonchev–Trinajstić information content (AvgIpc) is 2.57. The lowest BCUT2D eigenvalue weighted by Crippen LogP contribution is -2.01. The second kappa shape index (κ2) is 4.07. The molecule has 88 valence electrons. The number of carboxylic acid groups (broad SMARTS) is 1. The van der Waals surface area contributed by atoms with E-state index in [9.17, 15) is 4.79 Å². The first-order valence-corrected chi connectivity index (χ1v) is 5.60. The fourth-order valence-corrected chi connectivity index (χ4v) is 2.08. The number of carbonyl (C=O) groups is 1. The van der Waals surface area contributed by atoms with Crippen molar-refractivity contribution < 1.29 is 9.90 Å². The molecule has 3 rings (SSSR count). The third kappa shape index (κ3) is 1.68. The van der Waals surface area contributed by atoms with Crippen LogP contribution in [0.1, 0.15) is 21.6 Å². The Bertz CT molecular complexity index is 663. The number of rotatable bonds is 1. The van der Waals surface area contributed by atoms with Crippen LogP contribution in [-0.2, 0) is 6.42 Å². The highest BCUT2D eigenvalue weighted by Crippen LogP contribution is 2.29. The molecule has 0 aliphatic heterocycles. The summed E-state index contributed by atoms with van der Waals surface area (Å²) in [6.07, 6.45) is 8.04. The van der Waals surface area contributed by atoms with Crippen LogP contribution in [0.3, 0.4) is 0 Å². The molecule has 0 unspecified atom stereocenters. The first kappa shape index (κ1) is 10.7. The Morgan fingerprint density at radius 2 is 2.22 bits per heavy atom. The molecule has 0 bridgehead atoms. The van der Waals surface area contributed by atoms with Crippen LogP contribution in [0.25, 0.3) is 17.3 Å². The van der Waals surface area contributed by atoms with Crippen molar-refractivity contribution in [3.8, 4) is 11.3 Å². The summed E-state index contributed by atoms with van der Waals surface area (Å²) in [5.74, 6) is -1.02. The van der Waals surface area contributed by atoms with Gasteiger partial charge in [0.05, 0.1) is 5.69 Å². The molecule has 0 fully saturated rings. The van der Waals surface area contributed by atoms with E-state index in [2.05, 4.69) is 9.97 Å². The molecule has 0 saturated heterocycles. The molecule has 1 aliphatic carbocycles. The summed E-state index contributed by atoms with van der Waals surface area (Å²) < 4.78 is 0. The van der Waals surface area contributed by atoms with Gasteiger partial charge in [-0.15, -0.1) is 0 Å². The first-order chi connectivity index (χ1) is 8.75. The van der Waals surface area contributed by atoms with E-state index in [0.717, 1.165) is 28.8 Å². The minimum absolute atomic E-state index is 0.0535. The zero-order chi connectivity index (χ0) is 12.5. The van der Waals surface area contributed by atoms with E-state index >= 15 is 0 Å². The van der Waals surface area contributed by atoms with Gasteiger partial charge < -0.3 is 5.11 Å². The van der Waals surface area contributed by atoms with Crippen LogP contribution in [-0.4, -0.2) is 21.0 Å². The maximum Gasteiger partial charge on any atom is 0.354 e. The van der Waals surface area contributed by atoms with E-state index in [1.165, 1.54) is 0 Å². The largest absolute Gasteiger partial charge is 0.477 e. The highest BCUT2D eigenvalue weighted by atomic mass is 16.4. The Morgan fingerprint density at radius 1 is 1.33 bits per heavy atom. The van der Waals surface area contributed by atoms with Crippen LogP contribution in [0.15, 0.2) is 36.7 Å². The van der Waals surface area contributed by atoms with E-state index in [1.54, 1.807) is 18.5 Å². The SMILES string of the molecule is O=C(O)c1cc2c(cn1)-c1ncccc1CC=C2. The van der Waals surface area contributed by atoms with Crippen LogP contribution in [0, 0.1) is 0 Å². The van der Waals surface area contributed by atoms with Crippen molar-refractivity contribution in [2.75, 3.05) is 0 Å². The average molecular weight is 238 g/mol. The molecule has 0 atom stereocenters. The monoisotopic (exact) mass is 238 g/mol. The topological polar surface area (TPSA) is 63.1 Å². The molecule has 4 nitrogen and oxygen atoms in total. The number of aromatic carboxylic acids is 1. The third-order valence-electron chi connectivity index (χ3n) is 2.94. The van der Waals surface area contributed by atoms with Gasteiger partial charge in [-0.25, -0.2) is 9.78 Å². The summed E-state index contributed by atoms with van der Waals surface area (Å²) in [5.41, 5.74) is 3.78. The standard InChI is InChI=1S/C14H10N2O2/c17-14(18)12-7-10-4-1-3-9-5-2-6-15-13(9)11(10)8-16-12/h1-2,4-8H,3H2,(H,17,18). The van der Waals surface area contributed by atoms with Gasteiger partial charge >= 0.3 is 5.97 Å². The summed E-state index contributed by atoms with van der Waals surface area (Å²) in [6, 6.07) is 5.50. The number of hydrogen-bond donors (Lipinski definition) is 1. The molecule has 0 amide bonds. The van der Waals surface area contributed by atoms with E-state index < -0.39 is 5.97 Å². The van der Waals surface area contributed by atoms with Gasteiger partial charge in [0.15, 0.2) is 0 Å². The first-order valence-electron chi connectivity index (χ1n) is 5.60. The van der Waals surface area contributed by atoms with Crippen molar-refractivity contribution >= 4 is 12.0 Å². The summed E-state index contributed by atoms with van der Waals surface area (Å²) in [4.78, 5) is 19.2. The van der Waals surface area contributed by atoms with Crippen LogP contribution >= 0.6 is 0 Å². The van der Waals surface area contributed by atoms with Crippen LogP contribution in [0.2, 0.25) is 0 Å². The van der Waals surface area contributed by atoms with Gasteiger partial charge in [0, 0.05) is 18.0 Å². The van der Waals surface area contributed by atoms with Crippen molar-refractivity contribution in [1.82, 2.24) is 9.97 Å². The Hall–Kier alpha value is -2.49. The number of allylic oxidation sites excluding steroid dienone is 1. The second-order valence-electron chi connectivity index (χ2n) is 4.08. The molecule has 2 aromatic rings. The lowest BCUT2D eigenvalue weighted by Gasteiger charge is -2.07. The van der Waals surface area contributed by atoms with Crippen molar-refractivity contribution in [1.29, 1.82) is 0 Å². The third-order valence-corrected chi connectivity index (χ3v) is 2.94. The Balaban J connectivity index is 2.24. The smallest absolute Gasteiger partial charge is 0.354 e. The molecule has 1 N–H and O–H groups in total. The highest BCUT2D eigenvalue weighted by Gasteiger charge is 2.15. The maximum absolute atomic E-state index is 10.9. The quantitative estimate of drug-likeness (QED) is 0.828. The molecule has 0 spiro atoms. The molecule has 1 aliphatic rings. The summed E-state index contributed by atoms with van der Waals surface area (Å²) in [6.45, 7) is 0. The molecule has 2 heterocycles. The molecule has 4 heteroatoms.